The van der Waals surface area contributed by atoms with Gasteiger partial charge in [-0.05, 0) is 0 Å². The fraction of sp³-hybridized carbons (Fsp3) is 0.800. The van der Waals surface area contributed by atoms with Crippen LogP contribution < -0.4 is 2.89 Å². The maximum atomic E-state index is 2.73. The number of fused-ring (bicyclic) bond motifs is 1. The Morgan fingerprint density at radius 3 is 1.85 bits per heavy atom. The first-order valence-corrected chi connectivity index (χ1v) is 23.8. The summed E-state index contributed by atoms with van der Waals surface area (Å²) < 4.78 is 10.1. The van der Waals surface area contributed by atoms with Crippen LogP contribution in [0.4, 0.5) is 0 Å². The molecule has 2 aromatic heterocycles. The van der Waals surface area contributed by atoms with Crippen LogP contribution in [0.25, 0.3) is 9.40 Å². The maximum absolute atomic E-state index is 2.73. The molecule has 2 rings (SSSR count). The van der Waals surface area contributed by atoms with Crippen molar-refractivity contribution in [2.45, 2.75) is 144 Å². The summed E-state index contributed by atoms with van der Waals surface area (Å²) in [5, 5.41) is 2.54. The molecule has 0 bridgehead atoms. The standard InChI is InChI=1S/C18H27S2.3C4H9.Sn/c1-3-5-7-8-10-15(9-6-4-2)13-16-14-20-17-11-12-19-18(16)17;3*1-3-4-2;/h11,14-15H,3-10,13H2,1-2H3;3*1,3-4H2,2H3;. The summed E-state index contributed by atoms with van der Waals surface area (Å²) in [5.41, 5.74) is 1.71. The van der Waals surface area contributed by atoms with E-state index in [0.717, 1.165) is 5.92 Å². The molecule has 0 N–H and O–H groups in total. The number of rotatable bonds is 20. The zero-order valence-electron chi connectivity index (χ0n) is 22.8. The van der Waals surface area contributed by atoms with Crippen molar-refractivity contribution in [1.82, 2.24) is 0 Å². The second-order valence-electron chi connectivity index (χ2n) is 10.7. The molecule has 0 aliphatic heterocycles. The van der Waals surface area contributed by atoms with Crippen LogP contribution in [0.3, 0.4) is 0 Å². The summed E-state index contributed by atoms with van der Waals surface area (Å²) in [4.78, 5) is 0. The van der Waals surface area contributed by atoms with Gasteiger partial charge < -0.3 is 0 Å². The Morgan fingerprint density at radius 1 is 0.697 bits per heavy atom. The van der Waals surface area contributed by atoms with E-state index < -0.39 is 18.4 Å². The quantitative estimate of drug-likeness (QED) is 0.105. The van der Waals surface area contributed by atoms with Gasteiger partial charge in [0.2, 0.25) is 0 Å². The fourth-order valence-corrected chi connectivity index (χ4v) is 27.4. The van der Waals surface area contributed by atoms with Gasteiger partial charge in [0, 0.05) is 0 Å². The zero-order valence-corrected chi connectivity index (χ0v) is 27.3. The second kappa shape index (κ2) is 17.0. The number of thiophene rings is 2. The molecule has 2 heterocycles. The van der Waals surface area contributed by atoms with E-state index in [4.69, 9.17) is 0 Å². The van der Waals surface area contributed by atoms with Crippen LogP contribution >= 0.6 is 22.7 Å². The zero-order chi connectivity index (χ0) is 23.9. The molecule has 0 aromatic carbocycles. The van der Waals surface area contributed by atoms with Gasteiger partial charge in [0.15, 0.2) is 0 Å². The van der Waals surface area contributed by atoms with Crippen molar-refractivity contribution < 1.29 is 0 Å². The summed E-state index contributed by atoms with van der Waals surface area (Å²) >= 11 is 2.06. The number of hydrogen-bond donors (Lipinski definition) is 0. The van der Waals surface area contributed by atoms with Crippen LogP contribution in [0.1, 0.15) is 130 Å². The molecule has 0 aliphatic carbocycles. The molecule has 0 fully saturated rings. The Labute approximate surface area is 219 Å². The van der Waals surface area contributed by atoms with Crippen LogP contribution in [0, 0.1) is 5.92 Å². The van der Waals surface area contributed by atoms with Crippen molar-refractivity contribution in [2.24, 2.45) is 5.92 Å². The second-order valence-corrected chi connectivity index (χ2v) is 26.8. The first-order valence-electron chi connectivity index (χ1n) is 14.6. The van der Waals surface area contributed by atoms with Gasteiger partial charge in [-0.1, -0.05) is 0 Å². The Hall–Kier alpha value is 0.459. The number of hydrogen-bond acceptors (Lipinski definition) is 2. The molecule has 190 valence electrons. The van der Waals surface area contributed by atoms with Crippen molar-refractivity contribution in [3.63, 3.8) is 0 Å². The topological polar surface area (TPSA) is 0 Å². The van der Waals surface area contributed by atoms with E-state index in [1.807, 2.05) is 2.89 Å². The average Bonchev–Trinajstić information content (AvgIpc) is 3.42. The third kappa shape index (κ3) is 9.45. The molecule has 33 heavy (non-hydrogen) atoms. The Morgan fingerprint density at radius 2 is 1.27 bits per heavy atom. The first-order chi connectivity index (χ1) is 16.1. The van der Waals surface area contributed by atoms with E-state index in [-0.39, 0.29) is 0 Å². The Balaban J connectivity index is 2.26. The molecule has 3 heteroatoms. The van der Waals surface area contributed by atoms with Gasteiger partial charge in [-0.15, -0.1) is 0 Å². The molecule has 0 saturated heterocycles. The molecule has 0 nitrogen and oxygen atoms in total. The van der Waals surface area contributed by atoms with Gasteiger partial charge in [-0.25, -0.2) is 0 Å². The third-order valence-corrected chi connectivity index (χ3v) is 28.3. The van der Waals surface area contributed by atoms with Gasteiger partial charge in [0.05, 0.1) is 0 Å². The third-order valence-electron chi connectivity index (χ3n) is 7.81. The molecule has 2 aromatic rings. The first kappa shape index (κ1) is 29.7. The predicted octanol–water partition coefficient (Wildman–Crippen LogP) is 11.3. The molecular formula is C30H54S2Sn. The summed E-state index contributed by atoms with van der Waals surface area (Å²) in [6.45, 7) is 11.9. The predicted molar refractivity (Wildman–Crippen MR) is 160 cm³/mol. The van der Waals surface area contributed by atoms with Crippen molar-refractivity contribution in [3.05, 3.63) is 17.0 Å². The SMILES string of the molecule is CCCCCCC(CCCC)Cc1csc2c[c]([Sn]([CH2]CCC)([CH2]CCC)[CH2]CCC)sc12. The summed E-state index contributed by atoms with van der Waals surface area (Å²) in [6, 6.07) is 2.73. The number of unbranched alkanes of at least 4 members (excludes halogenated alkanes) is 7. The summed E-state index contributed by atoms with van der Waals surface area (Å²) in [6.07, 6.45) is 21.2. The van der Waals surface area contributed by atoms with Crippen molar-refractivity contribution in [2.75, 3.05) is 0 Å². The Bertz CT molecular complexity index is 722. The van der Waals surface area contributed by atoms with Crippen molar-refractivity contribution in [1.29, 1.82) is 0 Å². The van der Waals surface area contributed by atoms with E-state index in [1.54, 1.807) is 28.3 Å². The molecule has 1 unspecified atom stereocenters. The van der Waals surface area contributed by atoms with Gasteiger partial charge >= 0.3 is 221 Å². The fourth-order valence-electron chi connectivity index (χ4n) is 5.58. The minimum absolute atomic E-state index is 0.902. The van der Waals surface area contributed by atoms with Gasteiger partial charge in [-0.2, -0.15) is 0 Å². The van der Waals surface area contributed by atoms with E-state index in [2.05, 4.69) is 68.7 Å². The molecule has 1 atom stereocenters. The normalized spacial score (nSPS) is 13.2. The van der Waals surface area contributed by atoms with Crippen LogP contribution in [0.15, 0.2) is 11.4 Å². The van der Waals surface area contributed by atoms with Crippen LogP contribution in [0.5, 0.6) is 0 Å². The monoisotopic (exact) mass is 598 g/mol. The molecule has 0 amide bonds. The van der Waals surface area contributed by atoms with Gasteiger partial charge in [0.1, 0.15) is 0 Å². The van der Waals surface area contributed by atoms with Crippen LogP contribution in [-0.2, 0) is 6.42 Å². The van der Waals surface area contributed by atoms with E-state index >= 15 is 0 Å². The van der Waals surface area contributed by atoms with Crippen molar-refractivity contribution in [3.8, 4) is 0 Å². The van der Waals surface area contributed by atoms with E-state index in [0.29, 0.717) is 0 Å². The van der Waals surface area contributed by atoms with E-state index in [9.17, 15) is 0 Å². The molecule has 0 saturated carbocycles. The van der Waals surface area contributed by atoms with Gasteiger partial charge in [-0.3, -0.25) is 0 Å². The average molecular weight is 598 g/mol. The Kier molecular flexibility index (Phi) is 15.3. The minimum atomic E-state index is -2.29. The summed E-state index contributed by atoms with van der Waals surface area (Å²) in [7, 11) is 0. The van der Waals surface area contributed by atoms with Gasteiger partial charge in [0.25, 0.3) is 0 Å². The molecule has 0 aliphatic rings. The molecule has 0 spiro atoms. The summed E-state index contributed by atoms with van der Waals surface area (Å²) in [5.74, 6) is 0.902. The molecule has 0 radical (unpaired) electrons. The van der Waals surface area contributed by atoms with Crippen LogP contribution in [-0.4, -0.2) is 18.4 Å². The van der Waals surface area contributed by atoms with Crippen LogP contribution in [0.2, 0.25) is 13.3 Å². The van der Waals surface area contributed by atoms with E-state index in [1.165, 1.54) is 96.3 Å². The molecular weight excluding hydrogens is 543 g/mol. The van der Waals surface area contributed by atoms with Crippen molar-refractivity contribution >= 4 is 53.3 Å².